The first-order valence-electron chi connectivity index (χ1n) is 9.55. The zero-order valence-electron chi connectivity index (χ0n) is 17.4. The Morgan fingerprint density at radius 1 is 1.19 bits per heavy atom. The number of anilines is 1. The van der Waals surface area contributed by atoms with Gasteiger partial charge in [-0.15, -0.1) is 0 Å². The van der Waals surface area contributed by atoms with Crippen molar-refractivity contribution in [3.63, 3.8) is 0 Å². The molecule has 0 aliphatic carbocycles. The van der Waals surface area contributed by atoms with Crippen molar-refractivity contribution in [2.75, 3.05) is 18.5 Å². The van der Waals surface area contributed by atoms with Crippen LogP contribution in [0, 0.1) is 4.64 Å². The summed E-state index contributed by atoms with van der Waals surface area (Å²) in [6.45, 7) is 5.90. The Kier molecular flexibility index (Phi) is 6.85. The molecule has 31 heavy (non-hydrogen) atoms. The molecule has 0 spiro atoms. The molecule has 2 N–H and O–H groups in total. The Morgan fingerprint density at radius 3 is 2.48 bits per heavy atom. The number of nitrogens with zero attached hydrogens (tertiary/aromatic N) is 3. The van der Waals surface area contributed by atoms with Gasteiger partial charge in [0.2, 0.25) is 5.95 Å². The molecule has 0 bridgehead atoms. The van der Waals surface area contributed by atoms with Crippen LogP contribution in [-0.2, 0) is 33.3 Å². The molecule has 0 radical (unpaired) electrons. The third-order valence-electron chi connectivity index (χ3n) is 4.43. The van der Waals surface area contributed by atoms with Crippen LogP contribution in [0.25, 0.3) is 11.2 Å². The van der Waals surface area contributed by atoms with Crippen molar-refractivity contribution >= 4 is 47.2 Å². The molecular weight excluding hydrogens is 430 g/mol. The molecule has 168 valence electrons. The summed E-state index contributed by atoms with van der Waals surface area (Å²) in [6, 6.07) is 0. The number of hydrogen-bond donors (Lipinski definition) is 2. The van der Waals surface area contributed by atoms with Gasteiger partial charge in [0.25, 0.3) is 0 Å². The molecule has 2 aromatic heterocycles. The summed E-state index contributed by atoms with van der Waals surface area (Å²) in [4.78, 5) is 46.5. The Hall–Kier alpha value is -3.06. The second kappa shape index (κ2) is 9.39. The molecule has 0 saturated carbocycles. The highest BCUT2D eigenvalue weighted by atomic mass is 32.1. The smallest absolute Gasteiger partial charge is 0.303 e. The summed E-state index contributed by atoms with van der Waals surface area (Å²) < 4.78 is 24.0. The van der Waals surface area contributed by atoms with Crippen LogP contribution in [0.5, 0.6) is 0 Å². The number of imidazole rings is 1. The molecule has 0 aromatic carbocycles. The zero-order valence-corrected chi connectivity index (χ0v) is 18.2. The maximum atomic E-state index is 11.9. The van der Waals surface area contributed by atoms with Gasteiger partial charge in [-0.3, -0.25) is 19.0 Å². The van der Waals surface area contributed by atoms with E-state index >= 15 is 0 Å². The standard InChI is InChI=1S/C18H23N5O7S/c1-5-19-18-22-12-15(20-7-21-16(12)31)23(18)17-14(29-10(4)26)13(28-9(3)25)11(30-17)6-27-8(2)24/h7,11,13-14,17H,5-6H2,1-4H3,(H,19,22)(H,20,21,31)/t11-,13-,14-,17-/m1/s1. The molecule has 1 aliphatic rings. The maximum absolute atomic E-state index is 11.9. The van der Waals surface area contributed by atoms with E-state index in [2.05, 4.69) is 20.3 Å². The number of H-pyrrole nitrogens is 1. The number of aromatic amines is 1. The van der Waals surface area contributed by atoms with Crippen molar-refractivity contribution in [3.05, 3.63) is 11.0 Å². The summed E-state index contributed by atoms with van der Waals surface area (Å²) in [5.74, 6) is -1.36. The fraction of sp³-hybridized carbons (Fsp3) is 0.556. The molecule has 1 saturated heterocycles. The van der Waals surface area contributed by atoms with Gasteiger partial charge in [0, 0.05) is 27.3 Å². The summed E-state index contributed by atoms with van der Waals surface area (Å²) >= 11 is 5.27. The van der Waals surface area contributed by atoms with Crippen LogP contribution in [0.3, 0.4) is 0 Å². The second-order valence-corrected chi connectivity index (χ2v) is 7.14. The van der Waals surface area contributed by atoms with Gasteiger partial charge in [-0.2, -0.15) is 0 Å². The molecule has 13 heteroatoms. The fourth-order valence-corrected chi connectivity index (χ4v) is 3.56. The van der Waals surface area contributed by atoms with Gasteiger partial charge in [0.05, 0.1) is 6.33 Å². The first-order chi connectivity index (χ1) is 14.7. The fourth-order valence-electron chi connectivity index (χ4n) is 3.36. The summed E-state index contributed by atoms with van der Waals surface area (Å²) in [5, 5.41) is 3.11. The van der Waals surface area contributed by atoms with E-state index in [1.54, 1.807) is 4.57 Å². The summed E-state index contributed by atoms with van der Waals surface area (Å²) in [5.41, 5.74) is 0.874. The molecule has 3 rings (SSSR count). The number of ether oxygens (including phenoxy) is 4. The first kappa shape index (κ1) is 22.6. The van der Waals surface area contributed by atoms with Crippen LogP contribution < -0.4 is 5.32 Å². The highest BCUT2D eigenvalue weighted by Crippen LogP contribution is 2.38. The Labute approximate surface area is 182 Å². The van der Waals surface area contributed by atoms with Crippen LogP contribution in [0.2, 0.25) is 0 Å². The molecule has 2 aromatic rings. The predicted molar refractivity (Wildman–Crippen MR) is 109 cm³/mol. The number of rotatable bonds is 7. The molecular formula is C18H23N5O7S. The normalized spacial score (nSPS) is 22.8. The third kappa shape index (κ3) is 4.82. The van der Waals surface area contributed by atoms with Crippen LogP contribution >= 0.6 is 12.2 Å². The van der Waals surface area contributed by atoms with E-state index in [-0.39, 0.29) is 11.2 Å². The van der Waals surface area contributed by atoms with Gasteiger partial charge in [-0.1, -0.05) is 12.2 Å². The van der Waals surface area contributed by atoms with Crippen molar-refractivity contribution in [2.45, 2.75) is 52.2 Å². The Morgan fingerprint density at radius 2 is 1.87 bits per heavy atom. The summed E-state index contributed by atoms with van der Waals surface area (Å²) in [6.07, 6.45) is -2.52. The van der Waals surface area contributed by atoms with Gasteiger partial charge in [-0.05, 0) is 6.92 Å². The average Bonchev–Trinajstić information content (AvgIpc) is 3.19. The van der Waals surface area contributed by atoms with Gasteiger partial charge in [0.1, 0.15) is 23.9 Å². The van der Waals surface area contributed by atoms with E-state index in [1.807, 2.05) is 6.92 Å². The van der Waals surface area contributed by atoms with Crippen LogP contribution in [0.4, 0.5) is 5.95 Å². The van der Waals surface area contributed by atoms with Gasteiger partial charge >= 0.3 is 17.9 Å². The number of hydrogen-bond acceptors (Lipinski definition) is 11. The minimum Gasteiger partial charge on any atom is -0.463 e. The minimum absolute atomic E-state index is 0.206. The molecule has 4 atom stereocenters. The number of nitrogens with one attached hydrogen (secondary N) is 2. The van der Waals surface area contributed by atoms with E-state index < -0.39 is 42.4 Å². The van der Waals surface area contributed by atoms with Crippen LogP contribution in [-0.4, -0.2) is 68.9 Å². The van der Waals surface area contributed by atoms with Crippen molar-refractivity contribution < 1.29 is 33.3 Å². The van der Waals surface area contributed by atoms with Gasteiger partial charge in [0.15, 0.2) is 23.1 Å². The van der Waals surface area contributed by atoms with Gasteiger partial charge < -0.3 is 29.2 Å². The highest BCUT2D eigenvalue weighted by Gasteiger charge is 2.51. The average molecular weight is 453 g/mol. The van der Waals surface area contributed by atoms with Crippen molar-refractivity contribution in [3.8, 4) is 0 Å². The zero-order chi connectivity index (χ0) is 22.7. The monoisotopic (exact) mass is 453 g/mol. The van der Waals surface area contributed by atoms with Crippen molar-refractivity contribution in [1.82, 2.24) is 19.5 Å². The number of carbonyl (C=O) groups excluding carboxylic acids is 3. The quantitative estimate of drug-likeness (QED) is 0.354. The minimum atomic E-state index is -1.05. The summed E-state index contributed by atoms with van der Waals surface area (Å²) in [7, 11) is 0. The van der Waals surface area contributed by atoms with E-state index in [1.165, 1.54) is 27.1 Å². The molecule has 3 heterocycles. The largest absolute Gasteiger partial charge is 0.463 e. The van der Waals surface area contributed by atoms with E-state index in [9.17, 15) is 14.4 Å². The third-order valence-corrected chi connectivity index (χ3v) is 4.73. The number of aromatic nitrogens is 4. The number of carbonyl (C=O) groups is 3. The van der Waals surface area contributed by atoms with E-state index in [4.69, 9.17) is 31.2 Å². The molecule has 1 fully saturated rings. The SMILES string of the molecule is CCNc1nc2c(=S)nc[nH]c2n1[C@@H]1O[C@H](COC(C)=O)[C@@H](OC(C)=O)[C@H]1OC(C)=O. The van der Waals surface area contributed by atoms with Crippen molar-refractivity contribution in [2.24, 2.45) is 0 Å². The Balaban J connectivity index is 2.12. The molecule has 1 aliphatic heterocycles. The number of fused-ring (bicyclic) bond motifs is 1. The highest BCUT2D eigenvalue weighted by molar-refractivity contribution is 7.71. The van der Waals surface area contributed by atoms with Crippen LogP contribution in [0.1, 0.15) is 33.9 Å². The molecule has 0 amide bonds. The van der Waals surface area contributed by atoms with Gasteiger partial charge in [-0.25, -0.2) is 9.97 Å². The van der Waals surface area contributed by atoms with E-state index in [0.717, 1.165) is 0 Å². The van der Waals surface area contributed by atoms with Crippen LogP contribution in [0.15, 0.2) is 6.33 Å². The Bertz CT molecular complexity index is 1050. The first-order valence-corrected chi connectivity index (χ1v) is 9.96. The number of esters is 3. The van der Waals surface area contributed by atoms with E-state index in [0.29, 0.717) is 23.7 Å². The second-order valence-electron chi connectivity index (χ2n) is 6.76. The lowest BCUT2D eigenvalue weighted by atomic mass is 10.1. The molecule has 0 unspecified atom stereocenters. The lowest BCUT2D eigenvalue weighted by molar-refractivity contribution is -0.166. The topological polar surface area (TPSA) is 147 Å². The lowest BCUT2D eigenvalue weighted by Crippen LogP contribution is -2.40. The van der Waals surface area contributed by atoms with Crippen molar-refractivity contribution in [1.29, 1.82) is 0 Å². The lowest BCUT2D eigenvalue weighted by Gasteiger charge is -2.24. The predicted octanol–water partition coefficient (Wildman–Crippen LogP) is 1.24. The maximum Gasteiger partial charge on any atom is 0.303 e. The molecule has 12 nitrogen and oxygen atoms in total.